The van der Waals surface area contributed by atoms with Crippen molar-refractivity contribution < 1.29 is 28.5 Å². The quantitative estimate of drug-likeness (QED) is 0.352. The number of rotatable bonds is 6. The molecule has 34 heavy (non-hydrogen) atoms. The van der Waals surface area contributed by atoms with Crippen LogP contribution in [-0.4, -0.2) is 67.8 Å². The van der Waals surface area contributed by atoms with Crippen molar-refractivity contribution >= 4 is 33.3 Å². The van der Waals surface area contributed by atoms with Crippen LogP contribution in [0.5, 0.6) is 0 Å². The van der Waals surface area contributed by atoms with Gasteiger partial charge in [0.2, 0.25) is 5.95 Å². The zero-order valence-corrected chi connectivity index (χ0v) is 19.6. The first-order chi connectivity index (χ1) is 16.0. The van der Waals surface area contributed by atoms with E-state index in [1.165, 1.54) is 11.3 Å². The molecular weight excluding hydrogens is 471 g/mol. The summed E-state index contributed by atoms with van der Waals surface area (Å²) in [5.74, 6) is -0.560. The van der Waals surface area contributed by atoms with Crippen LogP contribution in [0.3, 0.4) is 0 Å². The van der Waals surface area contributed by atoms with Crippen LogP contribution in [0.15, 0.2) is 12.1 Å². The molecule has 1 aromatic carbocycles. The second kappa shape index (κ2) is 9.25. The summed E-state index contributed by atoms with van der Waals surface area (Å²) in [6.45, 7) is 4.03. The van der Waals surface area contributed by atoms with Crippen molar-refractivity contribution in [1.82, 2.24) is 15.0 Å². The number of anilines is 2. The lowest BCUT2D eigenvalue weighted by molar-refractivity contribution is -0.115. The molecule has 4 unspecified atom stereocenters. The summed E-state index contributed by atoms with van der Waals surface area (Å²) in [5.41, 5.74) is 3.88. The Morgan fingerprint density at radius 2 is 1.76 bits per heavy atom. The summed E-state index contributed by atoms with van der Waals surface area (Å²) in [4.78, 5) is 13.2. The number of benzene rings is 1. The summed E-state index contributed by atoms with van der Waals surface area (Å²) in [5, 5.41) is 36.0. The molecule has 4 rings (SSSR count). The maximum atomic E-state index is 12.7. The van der Waals surface area contributed by atoms with E-state index >= 15 is 0 Å². The van der Waals surface area contributed by atoms with E-state index in [1.807, 2.05) is 26.0 Å². The van der Waals surface area contributed by atoms with Gasteiger partial charge in [0.25, 0.3) is 0 Å². The van der Waals surface area contributed by atoms with Gasteiger partial charge in [-0.3, -0.25) is 0 Å². The molecule has 0 bridgehead atoms. The fraction of sp³-hybridized carbons (Fsp3) is 0.500. The molecule has 1 aliphatic carbocycles. The zero-order chi connectivity index (χ0) is 24.8. The minimum absolute atomic E-state index is 0.194. The number of fused-ring (bicyclic) bond motifs is 1. The van der Waals surface area contributed by atoms with Crippen molar-refractivity contribution in [2.45, 2.75) is 51.6 Å². The highest BCUT2D eigenvalue weighted by Gasteiger charge is 2.41. The van der Waals surface area contributed by atoms with Crippen LogP contribution in [0.1, 0.15) is 23.2 Å². The Balaban J connectivity index is 1.77. The van der Waals surface area contributed by atoms with Gasteiger partial charge < -0.3 is 26.0 Å². The Hall–Kier alpha value is -2.54. The fourth-order valence-electron chi connectivity index (χ4n) is 4.10. The van der Waals surface area contributed by atoms with Crippen LogP contribution in [-0.2, 0) is 0 Å². The number of nitrogens with one attached hydrogen (secondary N) is 2. The normalized spacial score (nSPS) is 23.0. The van der Waals surface area contributed by atoms with Gasteiger partial charge in [-0.25, -0.2) is 9.97 Å². The molecule has 3 aromatic rings. The van der Waals surface area contributed by atoms with Crippen molar-refractivity contribution in [1.29, 1.82) is 0 Å². The first kappa shape index (κ1) is 24.6. The van der Waals surface area contributed by atoms with E-state index < -0.39 is 36.9 Å². The molecule has 8 nitrogen and oxygen atoms in total. The van der Waals surface area contributed by atoms with E-state index in [1.54, 1.807) is 6.92 Å². The lowest BCUT2D eigenvalue weighted by Crippen LogP contribution is -2.36. The first-order valence-corrected chi connectivity index (χ1v) is 11.6. The van der Waals surface area contributed by atoms with E-state index in [9.17, 15) is 28.5 Å². The van der Waals surface area contributed by atoms with Gasteiger partial charge in [-0.15, -0.1) is 11.3 Å². The Labute approximate surface area is 197 Å². The Kier molecular flexibility index (Phi) is 6.69. The maximum absolute atomic E-state index is 12.7. The lowest BCUT2D eigenvalue weighted by atomic mass is 10.1. The minimum atomic E-state index is -4.45. The second-order valence-corrected chi connectivity index (χ2v) is 9.69. The topological polar surface area (TPSA) is 123 Å². The number of halogens is 3. The molecule has 0 spiro atoms. The first-order valence-electron chi connectivity index (χ1n) is 10.8. The Morgan fingerprint density at radius 3 is 2.41 bits per heavy atom. The predicted octanol–water partition coefficient (Wildman–Crippen LogP) is 3.17. The van der Waals surface area contributed by atoms with Crippen molar-refractivity contribution in [3.05, 3.63) is 29.0 Å². The van der Waals surface area contributed by atoms with E-state index in [4.69, 9.17) is 4.98 Å². The molecular formula is C22H26F3N5O3S. The lowest BCUT2D eigenvalue weighted by Gasteiger charge is -2.21. The third-order valence-corrected chi connectivity index (χ3v) is 7.15. The van der Waals surface area contributed by atoms with Crippen molar-refractivity contribution in [3.63, 3.8) is 0 Å². The molecule has 0 radical (unpaired) electrons. The molecule has 12 heteroatoms. The van der Waals surface area contributed by atoms with Crippen LogP contribution < -0.4 is 10.6 Å². The SMILES string of the molecule is Cc1cc2nc(-c3c(C)nc(NCC(F)(F)F)nc3NC3CC(CO)C(O)C3O)sc2cc1C. The van der Waals surface area contributed by atoms with Crippen LogP contribution in [0.2, 0.25) is 0 Å². The van der Waals surface area contributed by atoms with Gasteiger partial charge in [-0.05, 0) is 50.5 Å². The molecule has 1 aliphatic rings. The minimum Gasteiger partial charge on any atom is -0.396 e. The maximum Gasteiger partial charge on any atom is 0.405 e. The fourth-order valence-corrected chi connectivity index (χ4v) is 5.25. The molecule has 1 fully saturated rings. The largest absolute Gasteiger partial charge is 0.405 e. The Morgan fingerprint density at radius 1 is 1.06 bits per heavy atom. The van der Waals surface area contributed by atoms with Crippen LogP contribution >= 0.6 is 11.3 Å². The molecule has 184 valence electrons. The third-order valence-electron chi connectivity index (χ3n) is 6.11. The van der Waals surface area contributed by atoms with Gasteiger partial charge in [-0.1, -0.05) is 0 Å². The molecule has 5 N–H and O–H groups in total. The van der Waals surface area contributed by atoms with Gasteiger partial charge in [0.15, 0.2) is 0 Å². The van der Waals surface area contributed by atoms with Gasteiger partial charge in [0.1, 0.15) is 23.5 Å². The molecule has 1 saturated carbocycles. The number of aliphatic hydroxyl groups excluding tert-OH is 3. The van der Waals surface area contributed by atoms with Crippen molar-refractivity contribution in [2.75, 3.05) is 23.8 Å². The molecule has 4 atom stereocenters. The van der Waals surface area contributed by atoms with Crippen molar-refractivity contribution in [3.8, 4) is 10.6 Å². The number of nitrogens with zero attached hydrogens (tertiary/aromatic N) is 3. The standard InChI is InChI=1S/C22H26F3N5O3S/c1-9-4-13-15(5-10(9)2)34-20(29-13)16-11(3)27-21(26-8-22(23,24)25)30-19(16)28-14-6-12(7-31)17(32)18(14)33/h4-5,12,14,17-18,31-33H,6-8H2,1-3H3,(H2,26,27,28,30). The smallest absolute Gasteiger partial charge is 0.396 e. The van der Waals surface area contributed by atoms with Gasteiger partial charge in [-0.2, -0.15) is 18.2 Å². The highest BCUT2D eigenvalue weighted by molar-refractivity contribution is 7.21. The monoisotopic (exact) mass is 497 g/mol. The number of alkyl halides is 3. The van der Waals surface area contributed by atoms with Crippen LogP contribution in [0.4, 0.5) is 24.9 Å². The average Bonchev–Trinajstić information content (AvgIpc) is 3.27. The predicted molar refractivity (Wildman–Crippen MR) is 124 cm³/mol. The highest BCUT2D eigenvalue weighted by atomic mass is 32.1. The third kappa shape index (κ3) is 4.95. The van der Waals surface area contributed by atoms with Gasteiger partial charge in [0, 0.05) is 12.5 Å². The number of aliphatic hydroxyl groups is 3. The summed E-state index contributed by atoms with van der Waals surface area (Å²) >= 11 is 1.41. The number of aromatic nitrogens is 3. The van der Waals surface area contributed by atoms with Crippen molar-refractivity contribution in [2.24, 2.45) is 5.92 Å². The summed E-state index contributed by atoms with van der Waals surface area (Å²) in [6, 6.07) is 3.32. The number of hydrogen-bond donors (Lipinski definition) is 5. The number of thiazole rings is 1. The van der Waals surface area contributed by atoms with E-state index in [2.05, 4.69) is 20.6 Å². The average molecular weight is 498 g/mol. The number of hydrogen-bond acceptors (Lipinski definition) is 9. The second-order valence-electron chi connectivity index (χ2n) is 8.66. The van der Waals surface area contributed by atoms with E-state index in [-0.39, 0.29) is 24.8 Å². The molecule has 2 aromatic heterocycles. The highest BCUT2D eigenvalue weighted by Crippen LogP contribution is 2.38. The Bertz CT molecular complexity index is 1160. The van der Waals surface area contributed by atoms with E-state index in [0.717, 1.165) is 21.3 Å². The molecule has 0 saturated heterocycles. The van der Waals surface area contributed by atoms with Gasteiger partial charge in [0.05, 0.1) is 33.6 Å². The molecule has 0 amide bonds. The summed E-state index contributed by atoms with van der Waals surface area (Å²) in [7, 11) is 0. The zero-order valence-electron chi connectivity index (χ0n) is 18.8. The van der Waals surface area contributed by atoms with Gasteiger partial charge >= 0.3 is 6.18 Å². The summed E-state index contributed by atoms with van der Waals surface area (Å²) in [6.07, 6.45) is -6.52. The summed E-state index contributed by atoms with van der Waals surface area (Å²) < 4.78 is 39.2. The molecule has 0 aliphatic heterocycles. The van der Waals surface area contributed by atoms with Crippen LogP contribution in [0, 0.1) is 26.7 Å². The van der Waals surface area contributed by atoms with Crippen LogP contribution in [0.25, 0.3) is 20.8 Å². The number of aryl methyl sites for hydroxylation is 3. The van der Waals surface area contributed by atoms with E-state index in [0.29, 0.717) is 16.3 Å². The molecule has 2 heterocycles.